The highest BCUT2D eigenvalue weighted by atomic mass is 16.6. The monoisotopic (exact) mass is 211 g/mol. The summed E-state index contributed by atoms with van der Waals surface area (Å²) in [6.45, 7) is 0.804. The predicted octanol–water partition coefficient (Wildman–Crippen LogP) is 1.37. The molecule has 0 saturated heterocycles. The predicted molar refractivity (Wildman–Crippen MR) is 50.6 cm³/mol. The van der Waals surface area contributed by atoms with E-state index in [0.717, 1.165) is 0 Å². The third-order valence-corrected chi connectivity index (χ3v) is 2.02. The third-order valence-electron chi connectivity index (χ3n) is 2.02. The number of hydrogen-bond donors (Lipinski definition) is 0. The molecule has 1 aliphatic rings. The van der Waals surface area contributed by atoms with Crippen molar-refractivity contribution in [2.45, 2.75) is 0 Å². The van der Waals surface area contributed by atoms with E-state index in [1.165, 1.54) is 19.2 Å². The molecule has 1 heterocycles. The molecule has 2 rings (SSSR count). The number of benzene rings is 1. The molecule has 0 fully saturated rings. The van der Waals surface area contributed by atoms with Gasteiger partial charge in [-0.15, -0.1) is 0 Å². The van der Waals surface area contributed by atoms with Crippen molar-refractivity contribution in [3.63, 3.8) is 0 Å². The summed E-state index contributed by atoms with van der Waals surface area (Å²) in [6.07, 6.45) is 0. The zero-order valence-electron chi connectivity index (χ0n) is 8.06. The quantitative estimate of drug-likeness (QED) is 0.545. The van der Waals surface area contributed by atoms with E-state index in [1.807, 2.05) is 0 Å². The van der Waals surface area contributed by atoms with Crippen LogP contribution in [0.3, 0.4) is 0 Å². The Morgan fingerprint density at radius 2 is 2.13 bits per heavy atom. The van der Waals surface area contributed by atoms with Crippen LogP contribution >= 0.6 is 0 Å². The Hall–Kier alpha value is -1.98. The Balaban J connectivity index is 2.52. The lowest BCUT2D eigenvalue weighted by atomic mass is 10.2. The molecule has 0 aromatic heterocycles. The first-order valence-electron chi connectivity index (χ1n) is 4.34. The van der Waals surface area contributed by atoms with Crippen LogP contribution < -0.4 is 14.2 Å². The molecule has 0 N–H and O–H groups in total. The summed E-state index contributed by atoms with van der Waals surface area (Å²) in [7, 11) is 1.43. The van der Waals surface area contributed by atoms with Crippen LogP contribution in [-0.4, -0.2) is 25.2 Å². The minimum Gasteiger partial charge on any atom is -0.492 e. The van der Waals surface area contributed by atoms with Gasteiger partial charge in [0.05, 0.1) is 24.2 Å². The molecule has 6 heteroatoms. The fourth-order valence-electron chi connectivity index (χ4n) is 1.36. The van der Waals surface area contributed by atoms with Crippen LogP contribution in [0.5, 0.6) is 17.2 Å². The molecule has 15 heavy (non-hydrogen) atoms. The van der Waals surface area contributed by atoms with Gasteiger partial charge in [-0.2, -0.15) is 0 Å². The summed E-state index contributed by atoms with van der Waals surface area (Å²) in [6, 6.07) is 2.64. The van der Waals surface area contributed by atoms with E-state index in [4.69, 9.17) is 14.2 Å². The van der Waals surface area contributed by atoms with Crippen LogP contribution in [0.15, 0.2) is 12.1 Å². The third kappa shape index (κ3) is 1.65. The second-order valence-corrected chi connectivity index (χ2v) is 2.93. The van der Waals surface area contributed by atoms with Gasteiger partial charge in [0.2, 0.25) is 5.75 Å². The van der Waals surface area contributed by atoms with Gasteiger partial charge in [0.1, 0.15) is 13.2 Å². The first-order chi connectivity index (χ1) is 7.22. The largest absolute Gasteiger partial charge is 0.492 e. The number of rotatable bonds is 2. The average molecular weight is 211 g/mol. The molecule has 0 spiro atoms. The number of nitro groups is 1. The van der Waals surface area contributed by atoms with Crippen molar-refractivity contribution in [3.05, 3.63) is 22.2 Å². The lowest BCUT2D eigenvalue weighted by Crippen LogP contribution is -2.16. The summed E-state index contributed by atoms with van der Waals surface area (Å²) < 4.78 is 15.5. The van der Waals surface area contributed by atoms with E-state index in [1.54, 1.807) is 0 Å². The highest BCUT2D eigenvalue weighted by Gasteiger charge is 2.22. The summed E-state index contributed by atoms with van der Waals surface area (Å²) in [4.78, 5) is 10.1. The van der Waals surface area contributed by atoms with Crippen LogP contribution in [-0.2, 0) is 0 Å². The fraction of sp³-hybridized carbons (Fsp3) is 0.333. The van der Waals surface area contributed by atoms with Gasteiger partial charge >= 0.3 is 0 Å². The van der Waals surface area contributed by atoms with E-state index < -0.39 is 4.92 Å². The van der Waals surface area contributed by atoms with Crippen LogP contribution in [0.4, 0.5) is 5.69 Å². The van der Waals surface area contributed by atoms with E-state index in [2.05, 4.69) is 0 Å². The SMILES string of the molecule is COc1cc([N+](=O)[O-])cc2c1OCCO2. The normalized spacial score (nSPS) is 13.4. The number of nitrogens with zero attached hydrogens (tertiary/aromatic N) is 1. The molecule has 1 aliphatic heterocycles. The Kier molecular flexibility index (Phi) is 2.32. The molecule has 1 aromatic carbocycles. The fourth-order valence-corrected chi connectivity index (χ4v) is 1.36. The van der Waals surface area contributed by atoms with Crippen LogP contribution in [0.25, 0.3) is 0 Å². The summed E-state index contributed by atoms with van der Waals surface area (Å²) in [5, 5.41) is 10.6. The molecular weight excluding hydrogens is 202 g/mol. The molecule has 0 amide bonds. The maximum Gasteiger partial charge on any atom is 0.277 e. The molecule has 0 unspecified atom stereocenters. The topological polar surface area (TPSA) is 70.8 Å². The van der Waals surface area contributed by atoms with Gasteiger partial charge in [-0.25, -0.2) is 0 Å². The Morgan fingerprint density at radius 3 is 2.80 bits per heavy atom. The highest BCUT2D eigenvalue weighted by molar-refractivity contribution is 5.58. The second kappa shape index (κ2) is 3.64. The molecule has 6 nitrogen and oxygen atoms in total. The number of ether oxygens (including phenoxy) is 3. The van der Waals surface area contributed by atoms with Crippen molar-refractivity contribution in [2.75, 3.05) is 20.3 Å². The Morgan fingerprint density at radius 1 is 1.40 bits per heavy atom. The molecule has 0 aliphatic carbocycles. The van der Waals surface area contributed by atoms with E-state index in [9.17, 15) is 10.1 Å². The van der Waals surface area contributed by atoms with Crippen molar-refractivity contribution in [1.29, 1.82) is 0 Å². The standard InChI is InChI=1S/C9H9NO5/c1-13-7-4-6(10(11)12)5-8-9(7)15-3-2-14-8/h4-5H,2-3H2,1H3. The van der Waals surface area contributed by atoms with Crippen molar-refractivity contribution in [2.24, 2.45) is 0 Å². The number of non-ortho nitro benzene ring substituents is 1. The maximum atomic E-state index is 10.6. The minimum absolute atomic E-state index is 0.0731. The summed E-state index contributed by atoms with van der Waals surface area (Å²) >= 11 is 0. The van der Waals surface area contributed by atoms with Crippen LogP contribution in [0, 0.1) is 10.1 Å². The lowest BCUT2D eigenvalue weighted by Gasteiger charge is -2.19. The summed E-state index contributed by atoms with van der Waals surface area (Å²) in [5.41, 5.74) is -0.0731. The van der Waals surface area contributed by atoms with Gasteiger partial charge < -0.3 is 14.2 Å². The zero-order chi connectivity index (χ0) is 10.8. The van der Waals surface area contributed by atoms with Crippen molar-refractivity contribution >= 4 is 5.69 Å². The Bertz CT molecular complexity index is 386. The maximum absolute atomic E-state index is 10.6. The van der Waals surface area contributed by atoms with Crippen molar-refractivity contribution in [1.82, 2.24) is 0 Å². The number of methoxy groups -OCH3 is 1. The lowest BCUT2D eigenvalue weighted by molar-refractivity contribution is -0.385. The van der Waals surface area contributed by atoms with Gasteiger partial charge in [-0.1, -0.05) is 0 Å². The van der Waals surface area contributed by atoms with Gasteiger partial charge in [0.15, 0.2) is 11.5 Å². The number of hydrogen-bond acceptors (Lipinski definition) is 5. The highest BCUT2D eigenvalue weighted by Crippen LogP contribution is 2.42. The first kappa shape index (κ1) is 9.57. The molecule has 80 valence electrons. The molecule has 0 saturated carbocycles. The average Bonchev–Trinajstić information content (AvgIpc) is 2.27. The first-order valence-corrected chi connectivity index (χ1v) is 4.34. The number of fused-ring (bicyclic) bond motifs is 1. The van der Waals surface area contributed by atoms with Crippen LogP contribution in [0.1, 0.15) is 0 Å². The smallest absolute Gasteiger partial charge is 0.277 e. The van der Waals surface area contributed by atoms with Gasteiger partial charge in [0.25, 0.3) is 5.69 Å². The van der Waals surface area contributed by atoms with Gasteiger partial charge in [-0.05, 0) is 0 Å². The van der Waals surface area contributed by atoms with Crippen LogP contribution in [0.2, 0.25) is 0 Å². The minimum atomic E-state index is -0.499. The molecule has 1 aromatic rings. The molecular formula is C9H9NO5. The Labute approximate surface area is 85.5 Å². The molecule has 0 atom stereocenters. The molecule has 0 bridgehead atoms. The van der Waals surface area contributed by atoms with E-state index >= 15 is 0 Å². The van der Waals surface area contributed by atoms with Gasteiger partial charge in [-0.3, -0.25) is 10.1 Å². The van der Waals surface area contributed by atoms with E-state index in [-0.39, 0.29) is 5.69 Å². The van der Waals surface area contributed by atoms with Crippen molar-refractivity contribution in [3.8, 4) is 17.2 Å². The van der Waals surface area contributed by atoms with Crippen molar-refractivity contribution < 1.29 is 19.1 Å². The molecule has 0 radical (unpaired) electrons. The van der Waals surface area contributed by atoms with E-state index in [0.29, 0.717) is 30.5 Å². The van der Waals surface area contributed by atoms with Gasteiger partial charge in [0, 0.05) is 0 Å². The second-order valence-electron chi connectivity index (χ2n) is 2.93. The summed E-state index contributed by atoms with van der Waals surface area (Å²) in [5.74, 6) is 1.10. The zero-order valence-corrected chi connectivity index (χ0v) is 8.06. The number of nitro benzene ring substituents is 1.